The van der Waals surface area contributed by atoms with Gasteiger partial charge in [0.1, 0.15) is 5.75 Å². The van der Waals surface area contributed by atoms with Crippen LogP contribution in [0, 0.1) is 12.3 Å². The molecule has 0 spiro atoms. The molecule has 3 nitrogen and oxygen atoms in total. The summed E-state index contributed by atoms with van der Waals surface area (Å²) in [4.78, 5) is 12.2. The Morgan fingerprint density at radius 1 is 1.35 bits per heavy atom. The van der Waals surface area contributed by atoms with Gasteiger partial charge in [-0.25, -0.2) is 0 Å². The van der Waals surface area contributed by atoms with E-state index in [1.807, 2.05) is 13.0 Å². The van der Waals surface area contributed by atoms with Gasteiger partial charge in [0, 0.05) is 17.8 Å². The third-order valence-corrected chi connectivity index (χ3v) is 4.79. The van der Waals surface area contributed by atoms with E-state index in [4.69, 9.17) is 11.6 Å². The molecule has 2 rings (SSSR count). The lowest BCUT2D eigenvalue weighted by molar-refractivity contribution is 0.0918. The molecule has 1 amide bonds. The van der Waals surface area contributed by atoms with E-state index >= 15 is 0 Å². The van der Waals surface area contributed by atoms with Crippen LogP contribution in [0.4, 0.5) is 0 Å². The Bertz CT molecular complexity index is 481. The lowest BCUT2D eigenvalue weighted by Crippen LogP contribution is -2.40. The highest BCUT2D eigenvalue weighted by atomic mass is 35.5. The number of aromatic hydroxyl groups is 1. The molecule has 0 radical (unpaired) electrons. The van der Waals surface area contributed by atoms with Crippen LogP contribution >= 0.6 is 11.6 Å². The van der Waals surface area contributed by atoms with Crippen molar-refractivity contribution >= 4 is 17.5 Å². The van der Waals surface area contributed by atoms with Crippen molar-refractivity contribution in [1.82, 2.24) is 5.32 Å². The summed E-state index contributed by atoms with van der Waals surface area (Å²) in [5, 5.41) is 12.8. The highest BCUT2D eigenvalue weighted by Gasteiger charge is 2.31. The second kappa shape index (κ2) is 6.49. The maximum absolute atomic E-state index is 12.2. The number of phenolic OH excluding ortho intramolecular Hbond substituents is 1. The molecule has 4 heteroatoms. The van der Waals surface area contributed by atoms with Crippen LogP contribution in [0.15, 0.2) is 18.2 Å². The van der Waals surface area contributed by atoms with Gasteiger partial charge < -0.3 is 10.4 Å². The number of alkyl halides is 1. The molecule has 1 aromatic rings. The van der Waals surface area contributed by atoms with Crippen LogP contribution in [0.25, 0.3) is 0 Å². The molecular formula is C16H22ClNO2. The Balaban J connectivity index is 2.00. The van der Waals surface area contributed by atoms with E-state index in [0.717, 1.165) is 18.4 Å². The van der Waals surface area contributed by atoms with Gasteiger partial charge in [-0.3, -0.25) is 4.79 Å². The molecule has 110 valence electrons. The van der Waals surface area contributed by atoms with Crippen LogP contribution in [0.3, 0.4) is 0 Å². The number of carbonyl (C=O) groups is 1. The smallest absolute Gasteiger partial charge is 0.255 e. The first kappa shape index (κ1) is 15.2. The van der Waals surface area contributed by atoms with Crippen LogP contribution in [0.2, 0.25) is 0 Å². The second-order valence-electron chi connectivity index (χ2n) is 5.90. The van der Waals surface area contributed by atoms with Gasteiger partial charge in [-0.2, -0.15) is 0 Å². The van der Waals surface area contributed by atoms with Crippen molar-refractivity contribution in [3.63, 3.8) is 0 Å². The molecule has 0 bridgehead atoms. The average Bonchev–Trinajstić information content (AvgIpc) is 2.46. The van der Waals surface area contributed by atoms with Crippen LogP contribution in [-0.2, 0) is 0 Å². The number of nitrogens with one attached hydrogen (secondary N) is 1. The van der Waals surface area contributed by atoms with Crippen LogP contribution in [0.5, 0.6) is 5.75 Å². The Morgan fingerprint density at radius 3 is 2.65 bits per heavy atom. The summed E-state index contributed by atoms with van der Waals surface area (Å²) in [5.74, 6) is 0.385. The Kier molecular flexibility index (Phi) is 4.92. The molecule has 20 heavy (non-hydrogen) atoms. The summed E-state index contributed by atoms with van der Waals surface area (Å²) in [6, 6.07) is 5.09. The van der Waals surface area contributed by atoms with Crippen molar-refractivity contribution < 1.29 is 9.90 Å². The van der Waals surface area contributed by atoms with Gasteiger partial charge in [-0.05, 0) is 37.5 Å². The molecule has 1 aliphatic rings. The van der Waals surface area contributed by atoms with Crippen molar-refractivity contribution in [1.29, 1.82) is 0 Å². The molecule has 0 heterocycles. The molecular weight excluding hydrogens is 274 g/mol. The summed E-state index contributed by atoms with van der Waals surface area (Å²) in [6.07, 6.45) is 5.75. The summed E-state index contributed by atoms with van der Waals surface area (Å²) in [5.41, 5.74) is 1.29. The van der Waals surface area contributed by atoms with E-state index in [9.17, 15) is 9.90 Å². The van der Waals surface area contributed by atoms with Crippen molar-refractivity contribution in [3.8, 4) is 5.75 Å². The highest BCUT2D eigenvalue weighted by molar-refractivity contribution is 6.18. The molecule has 0 unspecified atom stereocenters. The number of amides is 1. The Morgan fingerprint density at radius 2 is 2.05 bits per heavy atom. The number of carbonyl (C=O) groups excluding carboxylic acids is 1. The fraction of sp³-hybridized carbons (Fsp3) is 0.562. The van der Waals surface area contributed by atoms with E-state index in [1.54, 1.807) is 12.1 Å². The molecule has 0 aromatic heterocycles. The van der Waals surface area contributed by atoms with Gasteiger partial charge in [-0.15, -0.1) is 11.6 Å². The number of phenols is 1. The number of halogens is 1. The maximum atomic E-state index is 12.2. The van der Waals surface area contributed by atoms with E-state index in [2.05, 4.69) is 5.32 Å². The van der Waals surface area contributed by atoms with E-state index in [1.165, 1.54) is 19.3 Å². The zero-order chi connectivity index (χ0) is 14.6. The molecule has 2 N–H and O–H groups in total. The minimum atomic E-state index is -0.224. The third-order valence-electron chi connectivity index (χ3n) is 4.22. The van der Waals surface area contributed by atoms with E-state index < -0.39 is 0 Å². The largest absolute Gasteiger partial charge is 0.507 e. The fourth-order valence-electron chi connectivity index (χ4n) is 2.86. The Hall–Kier alpha value is -1.22. The standard InChI is InChI=1S/C16H22ClNO2/c1-12-5-6-13(14(19)9-12)15(20)18-11-16(10-17)7-3-2-4-8-16/h5-6,9,19H,2-4,7-8,10-11H2,1H3,(H,18,20). The molecule has 1 saturated carbocycles. The van der Waals surface area contributed by atoms with Crippen LogP contribution in [-0.4, -0.2) is 23.4 Å². The van der Waals surface area contributed by atoms with Crippen molar-refractivity contribution in [3.05, 3.63) is 29.3 Å². The summed E-state index contributed by atoms with van der Waals surface area (Å²) < 4.78 is 0. The van der Waals surface area contributed by atoms with E-state index in [-0.39, 0.29) is 17.1 Å². The van der Waals surface area contributed by atoms with Crippen molar-refractivity contribution in [2.45, 2.75) is 39.0 Å². The average molecular weight is 296 g/mol. The number of rotatable bonds is 4. The summed E-state index contributed by atoms with van der Waals surface area (Å²) in [7, 11) is 0. The molecule has 1 fully saturated rings. The monoisotopic (exact) mass is 295 g/mol. The number of hydrogen-bond donors (Lipinski definition) is 2. The topological polar surface area (TPSA) is 49.3 Å². The highest BCUT2D eigenvalue weighted by Crippen LogP contribution is 2.36. The first-order valence-corrected chi connectivity index (χ1v) is 7.74. The SMILES string of the molecule is Cc1ccc(C(=O)NCC2(CCl)CCCCC2)c(O)c1. The normalized spacial score (nSPS) is 17.7. The third kappa shape index (κ3) is 3.45. The zero-order valence-electron chi connectivity index (χ0n) is 11.9. The van der Waals surface area contributed by atoms with E-state index in [0.29, 0.717) is 18.0 Å². The van der Waals surface area contributed by atoms with Crippen molar-refractivity contribution in [2.24, 2.45) is 5.41 Å². The predicted octanol–water partition coefficient (Wildman–Crippen LogP) is 3.62. The minimum absolute atomic E-state index is 0.0236. The van der Waals surface area contributed by atoms with Gasteiger partial charge in [0.15, 0.2) is 0 Å². The Labute approximate surface area is 125 Å². The lowest BCUT2D eigenvalue weighted by atomic mass is 9.75. The summed E-state index contributed by atoms with van der Waals surface area (Å²) in [6.45, 7) is 2.47. The molecule has 1 aliphatic carbocycles. The van der Waals surface area contributed by atoms with Gasteiger partial charge in [0.05, 0.1) is 5.56 Å². The molecule has 1 aromatic carbocycles. The number of benzene rings is 1. The maximum Gasteiger partial charge on any atom is 0.255 e. The first-order chi connectivity index (χ1) is 9.56. The van der Waals surface area contributed by atoms with Crippen LogP contribution < -0.4 is 5.32 Å². The molecule has 0 aliphatic heterocycles. The number of aryl methyl sites for hydroxylation is 1. The molecule has 0 atom stereocenters. The number of hydrogen-bond acceptors (Lipinski definition) is 2. The van der Waals surface area contributed by atoms with Gasteiger partial charge in [0.2, 0.25) is 0 Å². The van der Waals surface area contributed by atoms with Gasteiger partial charge in [0.25, 0.3) is 5.91 Å². The van der Waals surface area contributed by atoms with Gasteiger partial charge >= 0.3 is 0 Å². The van der Waals surface area contributed by atoms with Gasteiger partial charge in [-0.1, -0.05) is 25.3 Å². The summed E-state index contributed by atoms with van der Waals surface area (Å²) >= 11 is 6.12. The molecule has 0 saturated heterocycles. The van der Waals surface area contributed by atoms with Crippen LogP contribution in [0.1, 0.15) is 48.0 Å². The first-order valence-electron chi connectivity index (χ1n) is 7.20. The predicted molar refractivity (Wildman–Crippen MR) is 81.4 cm³/mol. The minimum Gasteiger partial charge on any atom is -0.507 e. The lowest BCUT2D eigenvalue weighted by Gasteiger charge is -2.35. The fourth-order valence-corrected chi connectivity index (χ4v) is 3.22. The zero-order valence-corrected chi connectivity index (χ0v) is 12.7. The van der Waals surface area contributed by atoms with Crippen molar-refractivity contribution in [2.75, 3.05) is 12.4 Å². The quantitative estimate of drug-likeness (QED) is 0.834. The second-order valence-corrected chi connectivity index (χ2v) is 6.16.